The standard InChI is InChI=1S/C26H26N6O2/c1-4-24(33)32-14-19(12-20(32)15-34-3)31-13-18(25-23(31)9-10-28-26(25)27)7-5-17-6-8-22-21(11-17)29-16-30(22)2/h4,6,8-11,13,16,19-20H,1,12,14-15H2,2-3H3,(H2,27,28)/t19-,20+/m0/s1. The molecule has 172 valence electrons. The Balaban J connectivity index is 1.54. The Bertz CT molecular complexity index is 1470. The van der Waals surface area contributed by atoms with E-state index in [9.17, 15) is 4.79 Å². The molecule has 8 heteroatoms. The van der Waals surface area contributed by atoms with Crippen molar-refractivity contribution < 1.29 is 9.53 Å². The highest BCUT2D eigenvalue weighted by molar-refractivity contribution is 5.95. The highest BCUT2D eigenvalue weighted by atomic mass is 16.5. The Hall–Kier alpha value is -4.09. The van der Waals surface area contributed by atoms with Gasteiger partial charge in [-0.05, 0) is 36.8 Å². The second-order valence-electron chi connectivity index (χ2n) is 8.54. The SMILES string of the molecule is C=CC(=O)N1C[C@@H](n2cc(C#Cc3ccc4c(c3)ncn4C)c3c(N)nccc32)C[C@@H]1COC. The van der Waals surface area contributed by atoms with Crippen molar-refractivity contribution in [3.05, 3.63) is 66.8 Å². The predicted molar refractivity (Wildman–Crippen MR) is 132 cm³/mol. The number of imidazole rings is 1. The number of carbonyl (C=O) groups excluding carboxylic acids is 1. The Kier molecular flexibility index (Phi) is 5.56. The summed E-state index contributed by atoms with van der Waals surface area (Å²) in [5.74, 6) is 6.90. The van der Waals surface area contributed by atoms with Crippen molar-refractivity contribution >= 4 is 33.7 Å². The number of methoxy groups -OCH3 is 1. The van der Waals surface area contributed by atoms with Gasteiger partial charge in [-0.15, -0.1) is 0 Å². The molecule has 1 aliphatic heterocycles. The number of likely N-dealkylation sites (tertiary alicyclic amines) is 1. The lowest BCUT2D eigenvalue weighted by Gasteiger charge is -2.22. The summed E-state index contributed by atoms with van der Waals surface area (Å²) in [6.45, 7) is 4.69. The van der Waals surface area contributed by atoms with E-state index in [-0.39, 0.29) is 18.0 Å². The first kappa shape index (κ1) is 21.7. The van der Waals surface area contributed by atoms with E-state index < -0.39 is 0 Å². The van der Waals surface area contributed by atoms with Gasteiger partial charge in [0.05, 0.1) is 52.5 Å². The number of amides is 1. The summed E-state index contributed by atoms with van der Waals surface area (Å²) < 4.78 is 9.51. The molecule has 1 fully saturated rings. The number of hydrogen-bond acceptors (Lipinski definition) is 5. The van der Waals surface area contributed by atoms with Gasteiger partial charge in [-0.2, -0.15) is 0 Å². The first-order chi connectivity index (χ1) is 16.5. The van der Waals surface area contributed by atoms with Crippen LogP contribution in [0.2, 0.25) is 0 Å². The number of fused-ring (bicyclic) bond motifs is 2. The molecule has 0 aliphatic carbocycles. The van der Waals surface area contributed by atoms with Gasteiger partial charge < -0.3 is 24.5 Å². The van der Waals surface area contributed by atoms with Crippen LogP contribution >= 0.6 is 0 Å². The quantitative estimate of drug-likeness (QED) is 0.378. The number of nitrogen functional groups attached to an aromatic ring is 1. The van der Waals surface area contributed by atoms with Crippen LogP contribution in [0.5, 0.6) is 0 Å². The summed E-state index contributed by atoms with van der Waals surface area (Å²) >= 11 is 0. The lowest BCUT2D eigenvalue weighted by atomic mass is 10.1. The summed E-state index contributed by atoms with van der Waals surface area (Å²) in [7, 11) is 3.62. The number of hydrogen-bond donors (Lipinski definition) is 1. The number of nitrogens with two attached hydrogens (primary N) is 1. The molecule has 1 amide bonds. The highest BCUT2D eigenvalue weighted by Crippen LogP contribution is 2.34. The van der Waals surface area contributed by atoms with Crippen molar-refractivity contribution in [2.24, 2.45) is 7.05 Å². The fraction of sp³-hybridized carbons (Fsp3) is 0.269. The Morgan fingerprint density at radius 1 is 1.29 bits per heavy atom. The smallest absolute Gasteiger partial charge is 0.246 e. The van der Waals surface area contributed by atoms with Crippen molar-refractivity contribution in [2.75, 3.05) is 26.0 Å². The molecular weight excluding hydrogens is 428 g/mol. The minimum Gasteiger partial charge on any atom is -0.383 e. The van der Waals surface area contributed by atoms with E-state index >= 15 is 0 Å². The predicted octanol–water partition coefficient (Wildman–Crippen LogP) is 2.88. The molecule has 0 radical (unpaired) electrons. The maximum Gasteiger partial charge on any atom is 0.246 e. The monoisotopic (exact) mass is 454 g/mol. The fourth-order valence-corrected chi connectivity index (χ4v) is 4.81. The van der Waals surface area contributed by atoms with Gasteiger partial charge in [0.25, 0.3) is 0 Å². The van der Waals surface area contributed by atoms with Gasteiger partial charge in [0.2, 0.25) is 5.91 Å². The molecule has 2 atom stereocenters. The first-order valence-corrected chi connectivity index (χ1v) is 11.1. The van der Waals surface area contributed by atoms with Crippen LogP contribution in [0.1, 0.15) is 23.6 Å². The van der Waals surface area contributed by atoms with Gasteiger partial charge in [0.15, 0.2) is 0 Å². The molecule has 1 aliphatic rings. The third-order valence-corrected chi connectivity index (χ3v) is 6.44. The Morgan fingerprint density at radius 3 is 2.94 bits per heavy atom. The van der Waals surface area contributed by atoms with E-state index in [0.717, 1.165) is 39.5 Å². The molecule has 1 saturated heterocycles. The average molecular weight is 455 g/mol. The van der Waals surface area contributed by atoms with Gasteiger partial charge in [0, 0.05) is 38.7 Å². The molecule has 0 spiro atoms. The molecule has 34 heavy (non-hydrogen) atoms. The number of aromatic nitrogens is 4. The lowest BCUT2D eigenvalue weighted by molar-refractivity contribution is -0.127. The zero-order chi connectivity index (χ0) is 23.8. The Morgan fingerprint density at radius 2 is 2.15 bits per heavy atom. The maximum absolute atomic E-state index is 12.4. The summed E-state index contributed by atoms with van der Waals surface area (Å²) in [5.41, 5.74) is 10.9. The van der Waals surface area contributed by atoms with Crippen molar-refractivity contribution in [1.29, 1.82) is 0 Å². The third kappa shape index (κ3) is 3.70. The highest BCUT2D eigenvalue weighted by Gasteiger charge is 2.35. The van der Waals surface area contributed by atoms with Crippen LogP contribution in [0.3, 0.4) is 0 Å². The van der Waals surface area contributed by atoms with Gasteiger partial charge in [-0.25, -0.2) is 9.97 Å². The molecule has 8 nitrogen and oxygen atoms in total. The number of benzene rings is 1. The fourth-order valence-electron chi connectivity index (χ4n) is 4.81. The number of anilines is 1. The van der Waals surface area contributed by atoms with E-state index in [2.05, 4.69) is 33.0 Å². The van der Waals surface area contributed by atoms with Crippen molar-refractivity contribution in [3.8, 4) is 11.8 Å². The topological polar surface area (TPSA) is 91.2 Å². The number of rotatable bonds is 4. The normalized spacial score (nSPS) is 17.8. The molecule has 5 rings (SSSR count). The van der Waals surface area contributed by atoms with Crippen LogP contribution in [0, 0.1) is 11.8 Å². The number of pyridine rings is 1. The second-order valence-corrected chi connectivity index (χ2v) is 8.54. The van der Waals surface area contributed by atoms with Crippen LogP contribution in [0.15, 0.2) is 55.6 Å². The van der Waals surface area contributed by atoms with Crippen LogP contribution in [-0.4, -0.2) is 56.2 Å². The van der Waals surface area contributed by atoms with Gasteiger partial charge >= 0.3 is 0 Å². The molecule has 0 saturated carbocycles. The van der Waals surface area contributed by atoms with Gasteiger partial charge in [-0.3, -0.25) is 4.79 Å². The van der Waals surface area contributed by atoms with Crippen molar-refractivity contribution in [3.63, 3.8) is 0 Å². The van der Waals surface area contributed by atoms with E-state index in [1.165, 1.54) is 6.08 Å². The van der Waals surface area contributed by atoms with Gasteiger partial charge in [0.1, 0.15) is 5.82 Å². The van der Waals surface area contributed by atoms with Gasteiger partial charge in [-0.1, -0.05) is 18.4 Å². The zero-order valence-corrected chi connectivity index (χ0v) is 19.2. The van der Waals surface area contributed by atoms with E-state index in [1.807, 2.05) is 47.0 Å². The molecule has 3 aromatic heterocycles. The number of ether oxygens (including phenoxy) is 1. The third-order valence-electron chi connectivity index (χ3n) is 6.44. The largest absolute Gasteiger partial charge is 0.383 e. The molecular formula is C26H26N6O2. The molecule has 1 aromatic carbocycles. The van der Waals surface area contributed by atoms with Crippen molar-refractivity contribution in [1.82, 2.24) is 24.0 Å². The van der Waals surface area contributed by atoms with Crippen molar-refractivity contribution in [2.45, 2.75) is 18.5 Å². The summed E-state index contributed by atoms with van der Waals surface area (Å²) in [6.07, 6.45) is 7.64. The first-order valence-electron chi connectivity index (χ1n) is 11.1. The minimum atomic E-state index is -0.0906. The Labute approximate surface area is 197 Å². The van der Waals surface area contributed by atoms with Crippen LogP contribution in [0.25, 0.3) is 21.9 Å². The lowest BCUT2D eigenvalue weighted by Crippen LogP contribution is -2.37. The van der Waals surface area contributed by atoms with E-state index in [0.29, 0.717) is 19.0 Å². The summed E-state index contributed by atoms with van der Waals surface area (Å²) in [5, 5.41) is 0.825. The molecule has 4 heterocycles. The summed E-state index contributed by atoms with van der Waals surface area (Å²) in [4.78, 5) is 23.0. The van der Waals surface area contributed by atoms with Crippen LogP contribution in [0.4, 0.5) is 5.82 Å². The zero-order valence-electron chi connectivity index (χ0n) is 19.2. The molecule has 4 aromatic rings. The number of carbonyl (C=O) groups is 1. The molecule has 0 unspecified atom stereocenters. The van der Waals surface area contributed by atoms with Crippen LogP contribution in [-0.2, 0) is 16.6 Å². The van der Waals surface area contributed by atoms with E-state index in [1.54, 1.807) is 19.6 Å². The average Bonchev–Trinajstić information content (AvgIpc) is 3.53. The second kappa shape index (κ2) is 8.69. The minimum absolute atomic E-state index is 0.0169. The van der Waals surface area contributed by atoms with E-state index in [4.69, 9.17) is 10.5 Å². The van der Waals surface area contributed by atoms with Crippen LogP contribution < -0.4 is 5.73 Å². The number of aryl methyl sites for hydroxylation is 1. The molecule has 0 bridgehead atoms. The maximum atomic E-state index is 12.4. The number of nitrogens with zero attached hydrogens (tertiary/aromatic N) is 5. The molecule has 2 N–H and O–H groups in total. The summed E-state index contributed by atoms with van der Waals surface area (Å²) in [6, 6.07) is 7.98.